The second-order valence-corrected chi connectivity index (χ2v) is 8.36. The summed E-state index contributed by atoms with van der Waals surface area (Å²) in [6.45, 7) is 6.67. The molecule has 2 unspecified atom stereocenters. The number of rotatable bonds is 4. The van der Waals surface area contributed by atoms with Crippen molar-refractivity contribution < 1.29 is 14.3 Å². The molecule has 29 heavy (non-hydrogen) atoms. The number of fused-ring (bicyclic) bond motifs is 1. The molecule has 0 radical (unpaired) electrons. The number of morpholine rings is 1. The number of nitrogens with zero attached hydrogens (tertiary/aromatic N) is 3. The third-order valence-electron chi connectivity index (χ3n) is 5.94. The fourth-order valence-corrected chi connectivity index (χ4v) is 4.50. The Kier molecular flexibility index (Phi) is 5.85. The van der Waals surface area contributed by atoms with E-state index < -0.39 is 0 Å². The van der Waals surface area contributed by atoms with Crippen LogP contribution in [0.4, 0.5) is 0 Å². The number of aromatic amines is 1. The Morgan fingerprint density at radius 2 is 1.79 bits per heavy atom. The van der Waals surface area contributed by atoms with Gasteiger partial charge in [0.2, 0.25) is 11.8 Å². The van der Waals surface area contributed by atoms with Gasteiger partial charge in [0, 0.05) is 44.9 Å². The number of aryl methyl sites for hydroxylation is 1. The molecule has 2 amide bonds. The molecule has 7 heteroatoms. The fourth-order valence-electron chi connectivity index (χ4n) is 4.50. The molecule has 0 saturated carbocycles. The highest BCUT2D eigenvalue weighted by atomic mass is 16.5. The number of benzene rings is 1. The summed E-state index contributed by atoms with van der Waals surface area (Å²) in [6, 6.07) is 7.89. The Balaban J connectivity index is 1.25. The van der Waals surface area contributed by atoms with Gasteiger partial charge in [-0.1, -0.05) is 12.1 Å². The predicted molar refractivity (Wildman–Crippen MR) is 110 cm³/mol. The van der Waals surface area contributed by atoms with Gasteiger partial charge in [-0.15, -0.1) is 0 Å². The van der Waals surface area contributed by atoms with Crippen LogP contribution < -0.4 is 0 Å². The highest BCUT2D eigenvalue weighted by Gasteiger charge is 2.33. The fraction of sp³-hybridized carbons (Fsp3) is 0.591. The van der Waals surface area contributed by atoms with Crippen LogP contribution in [-0.4, -0.2) is 70.0 Å². The van der Waals surface area contributed by atoms with Gasteiger partial charge in [-0.2, -0.15) is 0 Å². The average Bonchev–Trinajstić information content (AvgIpc) is 3.14. The number of nitrogens with one attached hydrogen (secondary N) is 1. The zero-order valence-electron chi connectivity index (χ0n) is 17.3. The molecule has 2 aliphatic heterocycles. The SMILES string of the molecule is CC1CN(C(=O)C2CCN(C(=O)CCc3nc4ccccc4[nH]3)CC2)CC(C)O1. The van der Waals surface area contributed by atoms with Gasteiger partial charge in [-0.05, 0) is 38.8 Å². The van der Waals surface area contributed by atoms with Crippen molar-refractivity contribution in [2.75, 3.05) is 26.2 Å². The lowest BCUT2D eigenvalue weighted by molar-refractivity contribution is -0.150. The highest BCUT2D eigenvalue weighted by Crippen LogP contribution is 2.23. The molecule has 1 aromatic heterocycles. The van der Waals surface area contributed by atoms with Crippen LogP contribution in [0, 0.1) is 5.92 Å². The van der Waals surface area contributed by atoms with Crippen LogP contribution in [0.1, 0.15) is 38.9 Å². The summed E-state index contributed by atoms with van der Waals surface area (Å²) in [7, 11) is 0. The molecule has 2 saturated heterocycles. The number of likely N-dealkylation sites (tertiary alicyclic amines) is 1. The molecule has 4 rings (SSSR count). The lowest BCUT2D eigenvalue weighted by Crippen LogP contribution is -2.51. The molecule has 0 spiro atoms. The minimum absolute atomic E-state index is 0.0203. The van der Waals surface area contributed by atoms with Crippen molar-refractivity contribution in [1.82, 2.24) is 19.8 Å². The summed E-state index contributed by atoms with van der Waals surface area (Å²) in [4.78, 5) is 37.2. The lowest BCUT2D eigenvalue weighted by atomic mass is 9.94. The van der Waals surface area contributed by atoms with Crippen molar-refractivity contribution in [2.45, 2.75) is 51.7 Å². The minimum Gasteiger partial charge on any atom is -0.372 e. The first kappa shape index (κ1) is 19.9. The summed E-state index contributed by atoms with van der Waals surface area (Å²) in [5.74, 6) is 1.23. The molecule has 1 N–H and O–H groups in total. The molecule has 3 heterocycles. The van der Waals surface area contributed by atoms with Gasteiger partial charge in [0.1, 0.15) is 5.82 Å². The smallest absolute Gasteiger partial charge is 0.225 e. The second-order valence-electron chi connectivity index (χ2n) is 8.36. The van der Waals surface area contributed by atoms with E-state index in [2.05, 4.69) is 9.97 Å². The summed E-state index contributed by atoms with van der Waals surface area (Å²) >= 11 is 0. The van der Waals surface area contributed by atoms with E-state index in [0.29, 0.717) is 39.0 Å². The maximum absolute atomic E-state index is 12.9. The van der Waals surface area contributed by atoms with Crippen molar-refractivity contribution in [1.29, 1.82) is 0 Å². The van der Waals surface area contributed by atoms with Gasteiger partial charge in [0.25, 0.3) is 0 Å². The van der Waals surface area contributed by atoms with Crippen LogP contribution in [0.5, 0.6) is 0 Å². The number of H-pyrrole nitrogens is 1. The first-order valence-corrected chi connectivity index (χ1v) is 10.6. The average molecular weight is 399 g/mol. The number of ether oxygens (including phenoxy) is 1. The molecule has 0 bridgehead atoms. The first-order chi connectivity index (χ1) is 14.0. The monoisotopic (exact) mass is 398 g/mol. The number of piperidine rings is 1. The normalized spacial score (nSPS) is 23.5. The number of carbonyl (C=O) groups is 2. The molecule has 2 fully saturated rings. The molecular formula is C22H30N4O3. The zero-order chi connectivity index (χ0) is 20.4. The minimum atomic E-state index is 0.0203. The molecule has 0 aliphatic carbocycles. The van der Waals surface area contributed by atoms with E-state index in [1.54, 1.807) is 0 Å². The zero-order valence-corrected chi connectivity index (χ0v) is 17.3. The topological polar surface area (TPSA) is 78.5 Å². The van der Waals surface area contributed by atoms with Crippen molar-refractivity contribution in [3.05, 3.63) is 30.1 Å². The van der Waals surface area contributed by atoms with Crippen molar-refractivity contribution >= 4 is 22.8 Å². The van der Waals surface area contributed by atoms with Crippen LogP contribution in [0.15, 0.2) is 24.3 Å². The second kappa shape index (κ2) is 8.53. The maximum Gasteiger partial charge on any atom is 0.225 e. The van der Waals surface area contributed by atoms with E-state index in [9.17, 15) is 9.59 Å². The third kappa shape index (κ3) is 4.61. The number of aromatic nitrogens is 2. The Hall–Kier alpha value is -2.41. The summed E-state index contributed by atoms with van der Waals surface area (Å²) in [6.07, 6.45) is 2.71. The Morgan fingerprint density at radius 1 is 1.10 bits per heavy atom. The van der Waals surface area contributed by atoms with Crippen LogP contribution in [0.25, 0.3) is 11.0 Å². The van der Waals surface area contributed by atoms with E-state index in [1.165, 1.54) is 0 Å². The van der Waals surface area contributed by atoms with Gasteiger partial charge < -0.3 is 19.5 Å². The van der Waals surface area contributed by atoms with Crippen LogP contribution in [-0.2, 0) is 20.7 Å². The van der Waals surface area contributed by atoms with Gasteiger partial charge in [-0.3, -0.25) is 9.59 Å². The molecule has 1 aromatic carbocycles. The highest BCUT2D eigenvalue weighted by molar-refractivity contribution is 5.80. The van der Waals surface area contributed by atoms with E-state index in [0.717, 1.165) is 29.7 Å². The molecule has 2 atom stereocenters. The van der Waals surface area contributed by atoms with Crippen molar-refractivity contribution in [3.63, 3.8) is 0 Å². The predicted octanol–water partition coefficient (Wildman–Crippen LogP) is 2.37. The molecule has 7 nitrogen and oxygen atoms in total. The maximum atomic E-state index is 12.9. The quantitative estimate of drug-likeness (QED) is 0.858. The standard InChI is InChI=1S/C22H30N4O3/c1-15-13-26(14-16(2)29-15)22(28)17-9-11-25(12-10-17)21(27)8-7-20-23-18-5-3-4-6-19(18)24-20/h3-6,15-17H,7-14H2,1-2H3,(H,23,24). The van der Waals surface area contributed by atoms with E-state index in [4.69, 9.17) is 4.74 Å². The van der Waals surface area contributed by atoms with Crippen LogP contribution >= 0.6 is 0 Å². The molecular weight excluding hydrogens is 368 g/mol. The van der Waals surface area contributed by atoms with Crippen LogP contribution in [0.2, 0.25) is 0 Å². The Labute approximate surface area is 171 Å². The van der Waals surface area contributed by atoms with E-state index in [1.807, 2.05) is 47.9 Å². The Morgan fingerprint density at radius 3 is 2.48 bits per heavy atom. The lowest BCUT2D eigenvalue weighted by Gasteiger charge is -2.39. The number of carbonyl (C=O) groups excluding carboxylic acids is 2. The summed E-state index contributed by atoms with van der Waals surface area (Å²) in [5.41, 5.74) is 1.93. The first-order valence-electron chi connectivity index (χ1n) is 10.6. The van der Waals surface area contributed by atoms with E-state index >= 15 is 0 Å². The molecule has 2 aliphatic rings. The van der Waals surface area contributed by atoms with Gasteiger partial charge in [0.15, 0.2) is 0 Å². The van der Waals surface area contributed by atoms with Gasteiger partial charge in [-0.25, -0.2) is 4.98 Å². The van der Waals surface area contributed by atoms with Gasteiger partial charge in [0.05, 0.1) is 23.2 Å². The molecule has 2 aromatic rings. The summed E-state index contributed by atoms with van der Waals surface area (Å²) < 4.78 is 5.73. The third-order valence-corrected chi connectivity index (χ3v) is 5.94. The number of amides is 2. The number of hydrogen-bond donors (Lipinski definition) is 1. The van der Waals surface area contributed by atoms with E-state index in [-0.39, 0.29) is 29.9 Å². The van der Waals surface area contributed by atoms with Gasteiger partial charge >= 0.3 is 0 Å². The molecule has 156 valence electrons. The number of para-hydroxylation sites is 2. The summed E-state index contributed by atoms with van der Waals surface area (Å²) in [5, 5.41) is 0. The number of imidazole rings is 1. The van der Waals surface area contributed by atoms with Crippen molar-refractivity contribution in [2.24, 2.45) is 5.92 Å². The number of hydrogen-bond acceptors (Lipinski definition) is 4. The van der Waals surface area contributed by atoms with Crippen LogP contribution in [0.3, 0.4) is 0 Å². The largest absolute Gasteiger partial charge is 0.372 e. The van der Waals surface area contributed by atoms with Crippen molar-refractivity contribution in [3.8, 4) is 0 Å². The Bertz CT molecular complexity index is 829.